The normalized spacial score (nSPS) is 10.5. The molecule has 2 N–H and O–H groups in total. The summed E-state index contributed by atoms with van der Waals surface area (Å²) in [6, 6.07) is 5.83. The van der Waals surface area contributed by atoms with Crippen molar-refractivity contribution >= 4 is 16.9 Å². The highest BCUT2D eigenvalue weighted by Gasteiger charge is 2.12. The fraction of sp³-hybridized carbons (Fsp3) is 0.133. The van der Waals surface area contributed by atoms with Gasteiger partial charge in [-0.15, -0.1) is 6.58 Å². The first kappa shape index (κ1) is 13.1. The lowest BCUT2D eigenvalue weighted by molar-refractivity contribution is 0.416. The molecule has 3 aromatic rings. The number of methoxy groups -OCH3 is 1. The average molecular weight is 281 g/mol. The Morgan fingerprint density at radius 1 is 1.43 bits per heavy atom. The van der Waals surface area contributed by atoms with Gasteiger partial charge < -0.3 is 15.0 Å². The lowest BCUT2D eigenvalue weighted by atomic mass is 10.1. The molecular weight excluding hydrogens is 266 g/mol. The minimum absolute atomic E-state index is 0.631. The molecular formula is C15H15N5O. The first-order valence-electron chi connectivity index (χ1n) is 6.50. The molecule has 0 saturated heterocycles. The van der Waals surface area contributed by atoms with E-state index >= 15 is 0 Å². The molecule has 6 heteroatoms. The summed E-state index contributed by atoms with van der Waals surface area (Å²) in [6.45, 7) is 4.39. The van der Waals surface area contributed by atoms with E-state index in [1.807, 2.05) is 18.2 Å². The predicted molar refractivity (Wildman–Crippen MR) is 82.4 cm³/mol. The van der Waals surface area contributed by atoms with Crippen LogP contribution in [0.4, 0.5) is 5.69 Å². The van der Waals surface area contributed by atoms with Gasteiger partial charge in [-0.3, -0.25) is 0 Å². The maximum Gasteiger partial charge on any atom is 0.181 e. The summed E-state index contributed by atoms with van der Waals surface area (Å²) < 4.78 is 5.41. The molecule has 0 aliphatic rings. The summed E-state index contributed by atoms with van der Waals surface area (Å²) in [5, 5.41) is 3.25. The third kappa shape index (κ3) is 2.55. The number of aromatic amines is 1. The number of ether oxygens (including phenoxy) is 1. The molecule has 0 unspecified atom stereocenters. The number of aromatic nitrogens is 4. The number of anilines is 1. The van der Waals surface area contributed by atoms with Crippen molar-refractivity contribution in [3.8, 4) is 17.1 Å². The standard InChI is InChI=1S/C15H15N5O/c1-3-6-17-10-4-5-13(21-2)11(7-10)14-19-12-8-16-9-18-15(12)20-14/h3-5,7-9,17H,1,6H2,2H3,(H,16,18,19,20). The largest absolute Gasteiger partial charge is 0.496 e. The summed E-state index contributed by atoms with van der Waals surface area (Å²) in [5.74, 6) is 1.44. The summed E-state index contributed by atoms with van der Waals surface area (Å²) >= 11 is 0. The van der Waals surface area contributed by atoms with Crippen molar-refractivity contribution in [1.82, 2.24) is 19.9 Å². The van der Waals surface area contributed by atoms with E-state index < -0.39 is 0 Å². The number of nitrogens with zero attached hydrogens (tertiary/aromatic N) is 3. The van der Waals surface area contributed by atoms with E-state index in [-0.39, 0.29) is 0 Å². The van der Waals surface area contributed by atoms with Crippen LogP contribution in [-0.2, 0) is 0 Å². The Morgan fingerprint density at radius 3 is 3.10 bits per heavy atom. The zero-order valence-electron chi connectivity index (χ0n) is 11.6. The number of hydrogen-bond acceptors (Lipinski definition) is 5. The van der Waals surface area contributed by atoms with Crippen molar-refractivity contribution in [3.05, 3.63) is 43.4 Å². The molecule has 0 bridgehead atoms. The Labute approximate surface area is 121 Å². The molecule has 0 aliphatic heterocycles. The molecule has 106 valence electrons. The van der Waals surface area contributed by atoms with Gasteiger partial charge in [0.05, 0.1) is 18.9 Å². The molecule has 0 spiro atoms. The summed E-state index contributed by atoms with van der Waals surface area (Å²) in [7, 11) is 1.64. The lowest BCUT2D eigenvalue weighted by Gasteiger charge is -2.09. The number of fused-ring (bicyclic) bond motifs is 1. The zero-order valence-corrected chi connectivity index (χ0v) is 11.6. The van der Waals surface area contributed by atoms with E-state index in [0.717, 1.165) is 22.5 Å². The van der Waals surface area contributed by atoms with E-state index in [1.54, 1.807) is 19.4 Å². The van der Waals surface area contributed by atoms with E-state index in [0.29, 0.717) is 18.0 Å². The first-order valence-corrected chi connectivity index (χ1v) is 6.50. The van der Waals surface area contributed by atoms with Gasteiger partial charge in [-0.2, -0.15) is 0 Å². The molecule has 0 atom stereocenters. The molecule has 6 nitrogen and oxygen atoms in total. The Kier molecular flexibility index (Phi) is 3.51. The summed E-state index contributed by atoms with van der Waals surface area (Å²) in [4.78, 5) is 15.8. The van der Waals surface area contributed by atoms with E-state index in [4.69, 9.17) is 4.74 Å². The molecule has 0 saturated carbocycles. The Balaban J connectivity index is 2.07. The minimum Gasteiger partial charge on any atom is -0.496 e. The minimum atomic E-state index is 0.631. The van der Waals surface area contributed by atoms with Crippen LogP contribution in [0.5, 0.6) is 5.75 Å². The molecule has 3 rings (SSSR count). The van der Waals surface area contributed by atoms with Crippen LogP contribution in [0.2, 0.25) is 0 Å². The van der Waals surface area contributed by atoms with Gasteiger partial charge >= 0.3 is 0 Å². The number of rotatable bonds is 5. The summed E-state index contributed by atoms with van der Waals surface area (Å²) in [5.41, 5.74) is 3.26. The Hall–Kier alpha value is -2.89. The number of H-pyrrole nitrogens is 1. The van der Waals surface area contributed by atoms with Crippen molar-refractivity contribution in [2.45, 2.75) is 0 Å². The van der Waals surface area contributed by atoms with Crippen molar-refractivity contribution in [1.29, 1.82) is 0 Å². The second-order valence-corrected chi connectivity index (χ2v) is 4.43. The van der Waals surface area contributed by atoms with E-state index in [2.05, 4.69) is 31.8 Å². The Bertz CT molecular complexity index is 748. The lowest BCUT2D eigenvalue weighted by Crippen LogP contribution is -1.98. The van der Waals surface area contributed by atoms with Crippen molar-refractivity contribution < 1.29 is 4.74 Å². The highest BCUT2D eigenvalue weighted by molar-refractivity contribution is 5.78. The second kappa shape index (κ2) is 5.62. The van der Waals surface area contributed by atoms with Crippen LogP contribution in [0.1, 0.15) is 0 Å². The number of hydrogen-bond donors (Lipinski definition) is 2. The van der Waals surface area contributed by atoms with Crippen LogP contribution in [0.15, 0.2) is 43.4 Å². The van der Waals surface area contributed by atoms with Crippen LogP contribution in [-0.4, -0.2) is 33.6 Å². The fourth-order valence-electron chi connectivity index (χ4n) is 2.08. The third-order valence-electron chi connectivity index (χ3n) is 3.07. The number of nitrogens with one attached hydrogen (secondary N) is 2. The monoisotopic (exact) mass is 281 g/mol. The van der Waals surface area contributed by atoms with Crippen LogP contribution in [0.25, 0.3) is 22.6 Å². The zero-order chi connectivity index (χ0) is 14.7. The smallest absolute Gasteiger partial charge is 0.181 e. The van der Waals surface area contributed by atoms with Gasteiger partial charge in [0.1, 0.15) is 23.4 Å². The van der Waals surface area contributed by atoms with Gasteiger partial charge in [0, 0.05) is 12.2 Å². The van der Waals surface area contributed by atoms with Gasteiger partial charge in [0.15, 0.2) is 5.65 Å². The number of imidazole rings is 1. The molecule has 0 amide bonds. The topological polar surface area (TPSA) is 75.7 Å². The highest BCUT2D eigenvalue weighted by atomic mass is 16.5. The fourth-order valence-corrected chi connectivity index (χ4v) is 2.08. The van der Waals surface area contributed by atoms with Crippen LogP contribution in [0, 0.1) is 0 Å². The van der Waals surface area contributed by atoms with Crippen LogP contribution < -0.4 is 10.1 Å². The second-order valence-electron chi connectivity index (χ2n) is 4.43. The van der Waals surface area contributed by atoms with Gasteiger partial charge in [0.2, 0.25) is 0 Å². The van der Waals surface area contributed by atoms with Crippen molar-refractivity contribution in [2.75, 3.05) is 19.0 Å². The quantitative estimate of drug-likeness (QED) is 0.703. The van der Waals surface area contributed by atoms with E-state index in [1.165, 1.54) is 6.33 Å². The average Bonchev–Trinajstić information content (AvgIpc) is 2.96. The van der Waals surface area contributed by atoms with E-state index in [9.17, 15) is 0 Å². The molecule has 2 aromatic heterocycles. The van der Waals surface area contributed by atoms with Gasteiger partial charge in [0.25, 0.3) is 0 Å². The van der Waals surface area contributed by atoms with Gasteiger partial charge in [-0.05, 0) is 18.2 Å². The molecule has 0 aliphatic carbocycles. The van der Waals surface area contributed by atoms with Crippen molar-refractivity contribution in [2.24, 2.45) is 0 Å². The maximum absolute atomic E-state index is 5.41. The van der Waals surface area contributed by atoms with Gasteiger partial charge in [-0.25, -0.2) is 15.0 Å². The SMILES string of the molecule is C=CCNc1ccc(OC)c(-c2nc3ncncc3[nH]2)c1. The third-order valence-corrected chi connectivity index (χ3v) is 3.07. The van der Waals surface area contributed by atoms with Crippen LogP contribution in [0.3, 0.4) is 0 Å². The molecule has 21 heavy (non-hydrogen) atoms. The van der Waals surface area contributed by atoms with Gasteiger partial charge in [-0.1, -0.05) is 6.08 Å². The van der Waals surface area contributed by atoms with Crippen molar-refractivity contribution in [3.63, 3.8) is 0 Å². The maximum atomic E-state index is 5.41. The Morgan fingerprint density at radius 2 is 2.33 bits per heavy atom. The highest BCUT2D eigenvalue weighted by Crippen LogP contribution is 2.31. The molecule has 1 aromatic carbocycles. The van der Waals surface area contributed by atoms with Crippen LogP contribution >= 0.6 is 0 Å². The molecule has 2 heterocycles. The summed E-state index contributed by atoms with van der Waals surface area (Å²) in [6.07, 6.45) is 4.98. The molecule has 0 fully saturated rings. The first-order chi connectivity index (χ1) is 10.3. The molecule has 0 radical (unpaired) electrons. The predicted octanol–water partition coefficient (Wildman–Crippen LogP) is 2.63. The number of benzene rings is 1.